The maximum atomic E-state index is 3.68. The van der Waals surface area contributed by atoms with Crippen molar-refractivity contribution in [3.8, 4) is 0 Å². The number of rotatable bonds is 10. The Morgan fingerprint density at radius 2 is 1.07 bits per heavy atom. The van der Waals surface area contributed by atoms with Crippen molar-refractivity contribution in [2.24, 2.45) is 0 Å². The predicted molar refractivity (Wildman–Crippen MR) is 135 cm³/mol. The molecule has 0 aromatic carbocycles. The van der Waals surface area contributed by atoms with E-state index in [0.29, 0.717) is 0 Å². The Bertz CT molecular complexity index is 319. The molecule has 180 valence electrons. The van der Waals surface area contributed by atoms with Gasteiger partial charge in [0.2, 0.25) is 0 Å². The molecule has 0 radical (unpaired) electrons. The molecule has 0 bridgehead atoms. The van der Waals surface area contributed by atoms with E-state index in [4.69, 9.17) is 0 Å². The van der Waals surface area contributed by atoms with Gasteiger partial charge in [-0.25, -0.2) is 0 Å². The molecule has 3 N–H and O–H groups in total. The van der Waals surface area contributed by atoms with Gasteiger partial charge >= 0.3 is 0 Å². The zero-order valence-corrected chi connectivity index (χ0v) is 20.8. The fourth-order valence-corrected chi connectivity index (χ4v) is 4.64. The maximum Gasteiger partial charge on any atom is 0.00926 e. The highest BCUT2D eigenvalue weighted by molar-refractivity contribution is 4.72. The summed E-state index contributed by atoms with van der Waals surface area (Å²) in [5.74, 6) is 0. The van der Waals surface area contributed by atoms with Crippen molar-refractivity contribution in [3.63, 3.8) is 0 Å². The molecule has 0 aromatic heterocycles. The average molecular weight is 425 g/mol. The van der Waals surface area contributed by atoms with Crippen LogP contribution in [0.4, 0.5) is 0 Å². The van der Waals surface area contributed by atoms with Gasteiger partial charge in [0.15, 0.2) is 0 Å². The molecule has 0 aromatic rings. The Morgan fingerprint density at radius 1 is 0.567 bits per heavy atom. The number of nitrogens with zero attached hydrogens (tertiary/aromatic N) is 1. The molecule has 1 heterocycles. The van der Waals surface area contributed by atoms with Crippen LogP contribution in [-0.4, -0.2) is 63.3 Å². The molecule has 1 saturated heterocycles. The van der Waals surface area contributed by atoms with Gasteiger partial charge in [-0.3, -0.25) is 0 Å². The van der Waals surface area contributed by atoms with Crippen molar-refractivity contribution >= 4 is 0 Å². The van der Waals surface area contributed by atoms with Gasteiger partial charge in [0, 0.05) is 6.04 Å². The molecule has 1 aliphatic rings. The fourth-order valence-electron chi connectivity index (χ4n) is 4.64. The Morgan fingerprint density at radius 3 is 1.70 bits per heavy atom. The van der Waals surface area contributed by atoms with E-state index in [0.717, 1.165) is 19.1 Å². The van der Waals surface area contributed by atoms with Crippen molar-refractivity contribution in [2.45, 2.75) is 116 Å². The topological polar surface area (TPSA) is 39.3 Å². The fraction of sp³-hybridized carbons (Fsp3) is 1.00. The zero-order valence-electron chi connectivity index (χ0n) is 20.8. The second-order valence-electron chi connectivity index (χ2n) is 9.38. The first-order chi connectivity index (χ1) is 14.9. The average Bonchev–Trinajstić information content (AvgIpc) is 2.76. The summed E-state index contributed by atoms with van der Waals surface area (Å²) in [6.45, 7) is 14.3. The third-order valence-electron chi connectivity index (χ3n) is 6.64. The molecular formula is C26H56N4. The summed E-state index contributed by atoms with van der Waals surface area (Å²) < 4.78 is 0. The predicted octanol–water partition coefficient (Wildman–Crippen LogP) is 5.33. The summed E-state index contributed by atoms with van der Waals surface area (Å²) in [5, 5.41) is 10.9. The lowest BCUT2D eigenvalue weighted by Crippen LogP contribution is -2.38. The van der Waals surface area contributed by atoms with Crippen LogP contribution in [0.3, 0.4) is 0 Å². The highest BCUT2D eigenvalue weighted by Gasteiger charge is 2.16. The Hall–Kier alpha value is -0.160. The lowest BCUT2D eigenvalue weighted by Gasteiger charge is -2.31. The highest BCUT2D eigenvalue weighted by atomic mass is 15.1. The van der Waals surface area contributed by atoms with E-state index in [1.165, 1.54) is 136 Å². The molecule has 0 spiro atoms. The first-order valence-corrected chi connectivity index (χ1v) is 13.7. The van der Waals surface area contributed by atoms with Crippen molar-refractivity contribution in [1.82, 2.24) is 20.9 Å². The minimum atomic E-state index is 0.797. The smallest absolute Gasteiger partial charge is 0.00926 e. The molecule has 0 saturated carbocycles. The van der Waals surface area contributed by atoms with E-state index >= 15 is 0 Å². The van der Waals surface area contributed by atoms with Crippen LogP contribution in [0.1, 0.15) is 110 Å². The van der Waals surface area contributed by atoms with Gasteiger partial charge in [0.05, 0.1) is 0 Å². The van der Waals surface area contributed by atoms with Crippen LogP contribution in [-0.2, 0) is 0 Å². The maximum absolute atomic E-state index is 3.68. The van der Waals surface area contributed by atoms with Gasteiger partial charge < -0.3 is 20.9 Å². The van der Waals surface area contributed by atoms with Crippen LogP contribution in [0.25, 0.3) is 0 Å². The minimum absolute atomic E-state index is 0.797. The molecule has 1 rings (SSSR count). The monoisotopic (exact) mass is 424 g/mol. The molecule has 4 nitrogen and oxygen atoms in total. The molecule has 30 heavy (non-hydrogen) atoms. The molecule has 0 amide bonds. The second-order valence-corrected chi connectivity index (χ2v) is 9.38. The van der Waals surface area contributed by atoms with E-state index in [-0.39, 0.29) is 0 Å². The third-order valence-corrected chi connectivity index (χ3v) is 6.64. The quantitative estimate of drug-likeness (QED) is 0.414. The lowest BCUT2D eigenvalue weighted by atomic mass is 10.0. The van der Waals surface area contributed by atoms with E-state index in [1.54, 1.807) is 0 Å². The molecular weight excluding hydrogens is 368 g/mol. The second kappa shape index (κ2) is 22.0. The van der Waals surface area contributed by atoms with Gasteiger partial charge in [-0.15, -0.1) is 0 Å². The first kappa shape index (κ1) is 27.9. The molecule has 1 atom stereocenters. The third kappa shape index (κ3) is 16.5. The number of hydrogen-bond acceptors (Lipinski definition) is 4. The molecule has 1 aliphatic heterocycles. The van der Waals surface area contributed by atoms with E-state index in [2.05, 4.69) is 34.7 Å². The van der Waals surface area contributed by atoms with Crippen LogP contribution in [0.2, 0.25) is 0 Å². The summed E-state index contributed by atoms with van der Waals surface area (Å²) in [7, 11) is 0. The first-order valence-electron chi connectivity index (χ1n) is 13.7. The zero-order chi connectivity index (χ0) is 21.5. The van der Waals surface area contributed by atoms with Crippen molar-refractivity contribution in [3.05, 3.63) is 0 Å². The largest absolute Gasteiger partial charge is 0.317 e. The lowest BCUT2D eigenvalue weighted by molar-refractivity contribution is 0.172. The van der Waals surface area contributed by atoms with E-state index in [9.17, 15) is 0 Å². The number of hydrogen-bond donors (Lipinski definition) is 3. The standard InChI is InChI=1S/C26H56N4/c1-3-5-6-7-8-9-10-17-26(4-2)30-24-14-13-20-28-22-15-21-27-18-11-12-19-29-23-16-25-30/h26-29H,3-25H2,1-2H3. The summed E-state index contributed by atoms with van der Waals surface area (Å²) >= 11 is 0. The Kier molecular flexibility index (Phi) is 20.5. The van der Waals surface area contributed by atoms with Gasteiger partial charge in [0.1, 0.15) is 0 Å². The summed E-state index contributed by atoms with van der Waals surface area (Å²) in [6.07, 6.45) is 20.5. The van der Waals surface area contributed by atoms with Gasteiger partial charge in [-0.2, -0.15) is 0 Å². The van der Waals surface area contributed by atoms with Crippen molar-refractivity contribution in [2.75, 3.05) is 52.4 Å². The molecule has 4 heteroatoms. The normalized spacial score (nSPS) is 21.0. The Balaban J connectivity index is 2.34. The SMILES string of the molecule is CCCCCCCCCC(CC)N1CCCCNCCCNCCCCNCCC1. The van der Waals surface area contributed by atoms with Crippen LogP contribution in [0, 0.1) is 0 Å². The molecule has 1 fully saturated rings. The van der Waals surface area contributed by atoms with E-state index in [1.807, 2.05) is 0 Å². The van der Waals surface area contributed by atoms with Crippen LogP contribution in [0.15, 0.2) is 0 Å². The van der Waals surface area contributed by atoms with Crippen LogP contribution < -0.4 is 16.0 Å². The highest BCUT2D eigenvalue weighted by Crippen LogP contribution is 2.16. The number of unbranched alkanes of at least 4 members (excludes halogenated alkanes) is 6. The van der Waals surface area contributed by atoms with Crippen LogP contribution >= 0.6 is 0 Å². The van der Waals surface area contributed by atoms with Gasteiger partial charge in [0.25, 0.3) is 0 Å². The summed E-state index contributed by atoms with van der Waals surface area (Å²) in [6, 6.07) is 0.797. The molecule has 1 unspecified atom stereocenters. The van der Waals surface area contributed by atoms with E-state index < -0.39 is 0 Å². The van der Waals surface area contributed by atoms with Crippen LogP contribution in [0.5, 0.6) is 0 Å². The van der Waals surface area contributed by atoms with Gasteiger partial charge in [-0.1, -0.05) is 58.8 Å². The number of nitrogens with one attached hydrogen (secondary N) is 3. The van der Waals surface area contributed by atoms with Gasteiger partial charge in [-0.05, 0) is 104 Å². The Labute approximate surface area is 189 Å². The minimum Gasteiger partial charge on any atom is -0.317 e. The van der Waals surface area contributed by atoms with Crippen molar-refractivity contribution in [1.29, 1.82) is 0 Å². The van der Waals surface area contributed by atoms with Crippen molar-refractivity contribution < 1.29 is 0 Å². The molecule has 0 aliphatic carbocycles. The summed E-state index contributed by atoms with van der Waals surface area (Å²) in [4.78, 5) is 2.84. The summed E-state index contributed by atoms with van der Waals surface area (Å²) in [5.41, 5.74) is 0.